The molecule has 3 atom stereocenters. The highest BCUT2D eigenvalue weighted by Gasteiger charge is 2.52. The largest absolute Gasteiger partial charge is 0.370 e. The second-order valence-corrected chi connectivity index (χ2v) is 12.5. The van der Waals surface area contributed by atoms with Gasteiger partial charge in [-0.2, -0.15) is 0 Å². The maximum atomic E-state index is 12.5. The first-order valence-corrected chi connectivity index (χ1v) is 13.4. The SMILES string of the molecule is CCc1cc2c(s1)CCO[C@@]21CCN(C[C@H]2C[C@@H](NC(=O)C3CC(=O)C3(C)C)C2)[C@@H](C)C1. The Morgan fingerprint density at radius 3 is 2.78 bits per heavy atom. The molecule has 4 aliphatic rings. The molecule has 5 nitrogen and oxygen atoms in total. The Hall–Kier alpha value is -1.24. The topological polar surface area (TPSA) is 58.6 Å². The third-order valence-electron chi connectivity index (χ3n) is 8.83. The second kappa shape index (κ2) is 8.21. The predicted octanol–water partition coefficient (Wildman–Crippen LogP) is 4.07. The summed E-state index contributed by atoms with van der Waals surface area (Å²) < 4.78 is 6.49. The van der Waals surface area contributed by atoms with Gasteiger partial charge in [0.05, 0.1) is 18.1 Å². The van der Waals surface area contributed by atoms with Crippen LogP contribution in [0.1, 0.15) is 75.1 Å². The van der Waals surface area contributed by atoms with Crippen molar-refractivity contribution in [2.24, 2.45) is 17.3 Å². The van der Waals surface area contributed by atoms with Crippen LogP contribution >= 0.6 is 11.3 Å². The number of nitrogens with one attached hydrogen (secondary N) is 1. The Labute approximate surface area is 196 Å². The predicted molar refractivity (Wildman–Crippen MR) is 127 cm³/mol. The summed E-state index contributed by atoms with van der Waals surface area (Å²) in [7, 11) is 0. The van der Waals surface area contributed by atoms with Crippen molar-refractivity contribution in [3.8, 4) is 0 Å². The molecular weight excluding hydrogens is 420 g/mol. The summed E-state index contributed by atoms with van der Waals surface area (Å²) in [6.45, 7) is 11.5. The van der Waals surface area contributed by atoms with Crippen molar-refractivity contribution in [3.05, 3.63) is 21.4 Å². The minimum absolute atomic E-state index is 0.0729. The van der Waals surface area contributed by atoms with E-state index in [4.69, 9.17) is 4.74 Å². The minimum atomic E-state index is -0.478. The van der Waals surface area contributed by atoms with Crippen molar-refractivity contribution >= 4 is 23.0 Å². The zero-order valence-corrected chi connectivity index (χ0v) is 20.9. The highest BCUT2D eigenvalue weighted by Crippen LogP contribution is 2.47. The highest BCUT2D eigenvalue weighted by atomic mass is 32.1. The van der Waals surface area contributed by atoms with E-state index in [2.05, 4.69) is 30.1 Å². The van der Waals surface area contributed by atoms with E-state index in [1.807, 2.05) is 25.2 Å². The average Bonchev–Trinajstić information content (AvgIpc) is 3.17. The van der Waals surface area contributed by atoms with E-state index in [0.29, 0.717) is 18.4 Å². The number of hydrogen-bond acceptors (Lipinski definition) is 5. The molecule has 1 spiro atoms. The van der Waals surface area contributed by atoms with Crippen molar-refractivity contribution in [1.29, 1.82) is 0 Å². The van der Waals surface area contributed by atoms with Gasteiger partial charge in [0.1, 0.15) is 5.78 Å². The fourth-order valence-electron chi connectivity index (χ4n) is 6.37. The number of nitrogens with zero attached hydrogens (tertiary/aromatic N) is 1. The smallest absolute Gasteiger partial charge is 0.224 e. The van der Waals surface area contributed by atoms with Crippen molar-refractivity contribution in [2.45, 2.75) is 90.3 Å². The minimum Gasteiger partial charge on any atom is -0.370 e. The molecule has 1 amide bonds. The third-order valence-corrected chi connectivity index (χ3v) is 10.2. The van der Waals surface area contributed by atoms with E-state index in [0.717, 1.165) is 58.2 Å². The number of likely N-dealkylation sites (tertiary alicyclic amines) is 1. The molecule has 1 unspecified atom stereocenters. The van der Waals surface area contributed by atoms with Crippen LogP contribution in [0.2, 0.25) is 0 Å². The standard InChI is InChI=1S/C26H38N2O3S/c1-5-19-12-20-22(32-19)6-9-31-26(20)7-8-28(16(2)14-26)15-17-10-18(11-17)27-24(30)21-13-23(29)25(21,3)4/h12,16-18,21H,5-11,13-15H2,1-4H3,(H,27,30)/t16-,17-,18+,21?,26+/m0/s1. The molecule has 3 heterocycles. The van der Waals surface area contributed by atoms with Gasteiger partial charge in [-0.15, -0.1) is 11.3 Å². The van der Waals surface area contributed by atoms with Gasteiger partial charge in [0.2, 0.25) is 5.91 Å². The van der Waals surface area contributed by atoms with E-state index in [-0.39, 0.29) is 29.3 Å². The number of ether oxygens (including phenoxy) is 1. The Bertz CT molecular complexity index is 903. The van der Waals surface area contributed by atoms with E-state index in [1.165, 1.54) is 10.4 Å². The molecule has 2 aliphatic carbocycles. The van der Waals surface area contributed by atoms with E-state index in [9.17, 15) is 9.59 Å². The normalized spacial score (nSPS) is 36.3. The van der Waals surface area contributed by atoms with Gasteiger partial charge in [-0.05, 0) is 56.6 Å². The molecule has 1 N–H and O–H groups in total. The zero-order valence-electron chi connectivity index (χ0n) is 20.0. The van der Waals surface area contributed by atoms with Gasteiger partial charge in [-0.3, -0.25) is 9.59 Å². The Balaban J connectivity index is 1.12. The van der Waals surface area contributed by atoms with Crippen LogP contribution < -0.4 is 5.32 Å². The van der Waals surface area contributed by atoms with Crippen molar-refractivity contribution in [1.82, 2.24) is 10.2 Å². The van der Waals surface area contributed by atoms with Gasteiger partial charge >= 0.3 is 0 Å². The molecule has 0 radical (unpaired) electrons. The Morgan fingerprint density at radius 1 is 1.34 bits per heavy atom. The number of thiophene rings is 1. The van der Waals surface area contributed by atoms with Crippen LogP contribution in [0.15, 0.2) is 6.07 Å². The van der Waals surface area contributed by atoms with Gasteiger partial charge in [0.25, 0.3) is 0 Å². The molecule has 5 rings (SSSR count). The summed E-state index contributed by atoms with van der Waals surface area (Å²) in [5, 5.41) is 3.21. The lowest BCUT2D eigenvalue weighted by Crippen LogP contribution is -2.57. The number of aryl methyl sites for hydroxylation is 1. The molecule has 3 fully saturated rings. The summed E-state index contributed by atoms with van der Waals surface area (Å²) in [5.41, 5.74) is 0.936. The summed E-state index contributed by atoms with van der Waals surface area (Å²) in [6.07, 6.45) is 6.89. The van der Waals surface area contributed by atoms with Gasteiger partial charge in [0, 0.05) is 53.2 Å². The first-order chi connectivity index (χ1) is 15.2. The van der Waals surface area contributed by atoms with Crippen molar-refractivity contribution in [3.63, 3.8) is 0 Å². The fourth-order valence-corrected chi connectivity index (χ4v) is 7.55. The fraction of sp³-hybridized carbons (Fsp3) is 0.769. The highest BCUT2D eigenvalue weighted by molar-refractivity contribution is 7.12. The first-order valence-electron chi connectivity index (χ1n) is 12.6. The lowest BCUT2D eigenvalue weighted by molar-refractivity contribution is -0.153. The lowest BCUT2D eigenvalue weighted by Gasteiger charge is -2.49. The maximum Gasteiger partial charge on any atom is 0.224 e. The summed E-state index contributed by atoms with van der Waals surface area (Å²) in [5.74, 6) is 0.809. The number of fused-ring (bicyclic) bond motifs is 2. The molecule has 1 aromatic heterocycles. The molecule has 1 saturated heterocycles. The molecule has 0 bridgehead atoms. The molecule has 2 saturated carbocycles. The molecule has 0 aromatic carbocycles. The number of rotatable bonds is 5. The van der Waals surface area contributed by atoms with Crippen LogP contribution in [0.3, 0.4) is 0 Å². The van der Waals surface area contributed by atoms with Gasteiger partial charge < -0.3 is 15.0 Å². The van der Waals surface area contributed by atoms with Gasteiger partial charge in [0.15, 0.2) is 0 Å². The van der Waals surface area contributed by atoms with Gasteiger partial charge in [-0.1, -0.05) is 20.8 Å². The number of carbonyl (C=O) groups is 2. The number of ketones is 1. The molecule has 32 heavy (non-hydrogen) atoms. The molecule has 1 aromatic rings. The third kappa shape index (κ3) is 3.76. The number of Topliss-reactive ketones (excluding diaryl/α,β-unsaturated/α-hetero) is 1. The van der Waals surface area contributed by atoms with Crippen molar-refractivity contribution < 1.29 is 14.3 Å². The number of piperidine rings is 1. The monoisotopic (exact) mass is 458 g/mol. The van der Waals surface area contributed by atoms with Crippen LogP contribution in [0.4, 0.5) is 0 Å². The zero-order chi connectivity index (χ0) is 22.7. The Morgan fingerprint density at radius 2 is 2.12 bits per heavy atom. The molecular formula is C26H38N2O3S. The maximum absolute atomic E-state index is 12.5. The number of carbonyl (C=O) groups excluding carboxylic acids is 2. The van der Waals surface area contributed by atoms with E-state index in [1.54, 1.807) is 4.88 Å². The molecule has 2 aliphatic heterocycles. The summed E-state index contributed by atoms with van der Waals surface area (Å²) in [4.78, 5) is 30.0. The quantitative estimate of drug-likeness (QED) is 0.723. The van der Waals surface area contributed by atoms with E-state index < -0.39 is 5.41 Å². The average molecular weight is 459 g/mol. The van der Waals surface area contributed by atoms with Crippen LogP contribution in [-0.4, -0.2) is 48.4 Å². The van der Waals surface area contributed by atoms with Crippen LogP contribution in [0.25, 0.3) is 0 Å². The summed E-state index contributed by atoms with van der Waals surface area (Å²) >= 11 is 1.99. The van der Waals surface area contributed by atoms with Crippen LogP contribution in [0.5, 0.6) is 0 Å². The van der Waals surface area contributed by atoms with Crippen LogP contribution in [0, 0.1) is 17.3 Å². The molecule has 6 heteroatoms. The van der Waals surface area contributed by atoms with E-state index >= 15 is 0 Å². The van der Waals surface area contributed by atoms with Gasteiger partial charge in [-0.25, -0.2) is 0 Å². The number of amides is 1. The van der Waals surface area contributed by atoms with Crippen LogP contribution in [-0.2, 0) is 32.8 Å². The first kappa shape index (κ1) is 22.5. The lowest BCUT2D eigenvalue weighted by atomic mass is 9.61. The van der Waals surface area contributed by atoms with Crippen molar-refractivity contribution in [2.75, 3.05) is 19.7 Å². The summed E-state index contributed by atoms with van der Waals surface area (Å²) in [6, 6.07) is 3.22. The Kier molecular flexibility index (Phi) is 5.78. The molecule has 176 valence electrons. The second-order valence-electron chi connectivity index (χ2n) is 11.2. The number of hydrogen-bond donors (Lipinski definition) is 1.